The fraction of sp³-hybridized carbons (Fsp3) is 0.435. The highest BCUT2D eigenvalue weighted by Crippen LogP contribution is 2.38. The average Bonchev–Trinajstić information content (AvgIpc) is 3.45. The second-order valence-electron chi connectivity index (χ2n) is 8.83. The Hall–Kier alpha value is -3.49. The Kier molecular flexibility index (Phi) is 4.38. The van der Waals surface area contributed by atoms with Crippen molar-refractivity contribution in [3.8, 4) is 17.1 Å². The minimum atomic E-state index is 0.207. The highest BCUT2D eigenvalue weighted by Gasteiger charge is 2.36. The molecule has 1 saturated carbocycles. The zero-order valence-corrected chi connectivity index (χ0v) is 18.1. The van der Waals surface area contributed by atoms with Gasteiger partial charge in [0, 0.05) is 24.4 Å². The number of amidine groups is 1. The lowest BCUT2D eigenvalue weighted by Gasteiger charge is -2.33. The number of piperidine rings is 1. The highest BCUT2D eigenvalue weighted by molar-refractivity contribution is 6.08. The van der Waals surface area contributed by atoms with E-state index in [1.807, 2.05) is 23.1 Å². The lowest BCUT2D eigenvalue weighted by atomic mass is 10.0. The van der Waals surface area contributed by atoms with E-state index < -0.39 is 0 Å². The van der Waals surface area contributed by atoms with Gasteiger partial charge in [-0.2, -0.15) is 5.10 Å². The van der Waals surface area contributed by atoms with Crippen LogP contribution in [0.25, 0.3) is 22.3 Å². The van der Waals surface area contributed by atoms with Crippen LogP contribution in [0.15, 0.2) is 29.3 Å². The second kappa shape index (κ2) is 7.29. The molecule has 166 valence electrons. The highest BCUT2D eigenvalue weighted by atomic mass is 16.5. The fourth-order valence-electron chi connectivity index (χ4n) is 4.92. The molecule has 2 fully saturated rings. The third-order valence-corrected chi connectivity index (χ3v) is 6.80. The van der Waals surface area contributed by atoms with Gasteiger partial charge < -0.3 is 25.7 Å². The number of ether oxygens (including phenoxy) is 1. The van der Waals surface area contributed by atoms with Crippen molar-refractivity contribution in [3.63, 3.8) is 0 Å². The number of rotatable bonds is 4. The minimum Gasteiger partial charge on any atom is -0.495 e. The SMILES string of the molecule is COc1cccc2cc(-c3nn(C4CCN(C(=O)C5CC5)CC4)c4c3C(N)=NCN4)[nH]c12. The normalized spacial score (nSPS) is 18.9. The summed E-state index contributed by atoms with van der Waals surface area (Å²) in [5.74, 6) is 2.78. The van der Waals surface area contributed by atoms with Crippen molar-refractivity contribution in [2.75, 3.05) is 32.2 Å². The maximum absolute atomic E-state index is 12.5. The number of aromatic nitrogens is 3. The molecule has 1 saturated heterocycles. The number of carbonyl (C=O) groups excluding carboxylic acids is 1. The average molecular weight is 434 g/mol. The number of anilines is 1. The summed E-state index contributed by atoms with van der Waals surface area (Å²) in [5.41, 5.74) is 9.76. The number of hydrogen-bond acceptors (Lipinski definition) is 6. The molecule has 9 heteroatoms. The fourth-order valence-corrected chi connectivity index (χ4v) is 4.92. The van der Waals surface area contributed by atoms with Gasteiger partial charge in [-0.05, 0) is 37.8 Å². The molecule has 1 aliphatic carbocycles. The third kappa shape index (κ3) is 3.03. The van der Waals surface area contributed by atoms with Gasteiger partial charge in [0.2, 0.25) is 5.91 Å². The summed E-state index contributed by atoms with van der Waals surface area (Å²) in [7, 11) is 1.67. The van der Waals surface area contributed by atoms with Gasteiger partial charge in [-0.15, -0.1) is 0 Å². The van der Waals surface area contributed by atoms with Gasteiger partial charge >= 0.3 is 0 Å². The van der Waals surface area contributed by atoms with Crippen LogP contribution >= 0.6 is 0 Å². The first-order chi connectivity index (χ1) is 15.6. The van der Waals surface area contributed by atoms with Gasteiger partial charge in [-0.25, -0.2) is 9.67 Å². The molecule has 32 heavy (non-hydrogen) atoms. The summed E-state index contributed by atoms with van der Waals surface area (Å²) in [6, 6.07) is 8.23. The van der Waals surface area contributed by atoms with Crippen LogP contribution in [-0.4, -0.2) is 58.3 Å². The molecule has 0 spiro atoms. The summed E-state index contributed by atoms with van der Waals surface area (Å²) in [6.45, 7) is 1.98. The van der Waals surface area contributed by atoms with Gasteiger partial charge in [0.25, 0.3) is 0 Å². The molecule has 2 aromatic heterocycles. The third-order valence-electron chi connectivity index (χ3n) is 6.80. The molecule has 4 N–H and O–H groups in total. The lowest BCUT2D eigenvalue weighted by molar-refractivity contribution is -0.133. The van der Waals surface area contributed by atoms with E-state index in [1.54, 1.807) is 7.11 Å². The number of H-pyrrole nitrogens is 1. The number of hydrogen-bond donors (Lipinski definition) is 3. The molecule has 0 atom stereocenters. The Balaban J connectivity index is 1.37. The summed E-state index contributed by atoms with van der Waals surface area (Å²) in [6.07, 6.45) is 3.86. The van der Waals surface area contributed by atoms with Crippen molar-refractivity contribution < 1.29 is 9.53 Å². The first-order valence-corrected chi connectivity index (χ1v) is 11.3. The van der Waals surface area contributed by atoms with Gasteiger partial charge in [0.1, 0.15) is 29.8 Å². The van der Waals surface area contributed by atoms with Crippen LogP contribution in [0.2, 0.25) is 0 Å². The van der Waals surface area contributed by atoms with Crippen LogP contribution in [0.3, 0.4) is 0 Å². The van der Waals surface area contributed by atoms with E-state index in [1.165, 1.54) is 0 Å². The predicted molar refractivity (Wildman–Crippen MR) is 123 cm³/mol. The van der Waals surface area contributed by atoms with Gasteiger partial charge in [0.15, 0.2) is 0 Å². The molecule has 2 aliphatic heterocycles. The standard InChI is InChI=1S/C23H27N7O2/c1-32-17-4-2-3-14-11-16(27-19(14)17)20-18-21(24)25-12-26-22(18)30(28-20)15-7-9-29(10-8-15)23(31)13-5-6-13/h2-4,11,13,15,26-27H,5-10,12H2,1H3,(H2,24,25). The van der Waals surface area contributed by atoms with E-state index >= 15 is 0 Å². The number of nitrogens with one attached hydrogen (secondary N) is 2. The summed E-state index contributed by atoms with van der Waals surface area (Å²) in [4.78, 5) is 22.3. The topological polar surface area (TPSA) is 114 Å². The molecule has 9 nitrogen and oxygen atoms in total. The molecule has 0 bridgehead atoms. The van der Waals surface area contributed by atoms with Gasteiger partial charge in [-0.3, -0.25) is 4.79 Å². The van der Waals surface area contributed by atoms with E-state index in [4.69, 9.17) is 15.6 Å². The number of para-hydroxylation sites is 1. The molecular formula is C23H27N7O2. The number of carbonyl (C=O) groups is 1. The molecule has 1 amide bonds. The number of nitrogens with zero attached hydrogens (tertiary/aromatic N) is 4. The van der Waals surface area contributed by atoms with Crippen LogP contribution < -0.4 is 15.8 Å². The molecule has 3 aromatic rings. The number of aliphatic imine (C=N–C) groups is 1. The molecule has 3 aliphatic rings. The van der Waals surface area contributed by atoms with Crippen molar-refractivity contribution in [3.05, 3.63) is 29.8 Å². The molecule has 1 aromatic carbocycles. The lowest BCUT2D eigenvalue weighted by Crippen LogP contribution is -2.40. The van der Waals surface area contributed by atoms with E-state index in [0.29, 0.717) is 18.4 Å². The zero-order valence-electron chi connectivity index (χ0n) is 18.1. The van der Waals surface area contributed by atoms with Crippen LogP contribution in [0.4, 0.5) is 5.82 Å². The smallest absolute Gasteiger partial charge is 0.225 e. The Morgan fingerprint density at radius 2 is 2.03 bits per heavy atom. The molecule has 0 unspecified atom stereocenters. The first-order valence-electron chi connectivity index (χ1n) is 11.3. The summed E-state index contributed by atoms with van der Waals surface area (Å²) in [5, 5.41) is 9.45. The van der Waals surface area contributed by atoms with Crippen molar-refractivity contribution in [2.24, 2.45) is 16.6 Å². The molecule has 0 radical (unpaired) electrons. The zero-order chi connectivity index (χ0) is 21.8. The van der Waals surface area contributed by atoms with Crippen LogP contribution in [0.5, 0.6) is 5.75 Å². The number of methoxy groups -OCH3 is 1. The van der Waals surface area contributed by atoms with Gasteiger partial charge in [0.05, 0.1) is 29.9 Å². The Bertz CT molecular complexity index is 1230. The van der Waals surface area contributed by atoms with Crippen molar-refractivity contribution in [1.29, 1.82) is 0 Å². The van der Waals surface area contributed by atoms with Crippen molar-refractivity contribution in [2.45, 2.75) is 31.7 Å². The largest absolute Gasteiger partial charge is 0.495 e. The first kappa shape index (κ1) is 19.2. The number of fused-ring (bicyclic) bond motifs is 2. The van der Waals surface area contributed by atoms with E-state index in [0.717, 1.165) is 78.2 Å². The van der Waals surface area contributed by atoms with E-state index in [2.05, 4.69) is 26.0 Å². The Labute approximate surface area is 185 Å². The van der Waals surface area contributed by atoms with Crippen LogP contribution in [0, 0.1) is 5.92 Å². The predicted octanol–water partition coefficient (Wildman–Crippen LogP) is 2.70. The number of aromatic amines is 1. The maximum atomic E-state index is 12.5. The minimum absolute atomic E-state index is 0.207. The van der Waals surface area contributed by atoms with E-state index in [9.17, 15) is 4.79 Å². The maximum Gasteiger partial charge on any atom is 0.225 e. The second-order valence-corrected chi connectivity index (χ2v) is 8.83. The van der Waals surface area contributed by atoms with Gasteiger partial charge in [-0.1, -0.05) is 12.1 Å². The van der Waals surface area contributed by atoms with Crippen LogP contribution in [-0.2, 0) is 4.79 Å². The quantitative estimate of drug-likeness (QED) is 0.585. The number of likely N-dealkylation sites (tertiary alicyclic amines) is 1. The van der Waals surface area contributed by atoms with E-state index in [-0.39, 0.29) is 12.0 Å². The molecule has 4 heterocycles. The van der Waals surface area contributed by atoms with Crippen LogP contribution in [0.1, 0.15) is 37.3 Å². The van der Waals surface area contributed by atoms with Crippen molar-refractivity contribution in [1.82, 2.24) is 19.7 Å². The van der Waals surface area contributed by atoms with Crippen molar-refractivity contribution >= 4 is 28.5 Å². The Morgan fingerprint density at radius 1 is 1.22 bits per heavy atom. The number of benzene rings is 1. The number of amides is 1. The number of nitrogens with two attached hydrogens (primary N) is 1. The molecule has 6 rings (SSSR count). The molecular weight excluding hydrogens is 406 g/mol. The Morgan fingerprint density at radius 3 is 2.78 bits per heavy atom. The monoisotopic (exact) mass is 433 g/mol. The summed E-state index contributed by atoms with van der Waals surface area (Å²) >= 11 is 0. The summed E-state index contributed by atoms with van der Waals surface area (Å²) < 4.78 is 7.57.